The van der Waals surface area contributed by atoms with Gasteiger partial charge in [0, 0.05) is 49.4 Å². The number of nitrogens with one attached hydrogen (secondary N) is 1. The number of fused-ring (bicyclic) bond motifs is 11. The Morgan fingerprint density at radius 1 is 0.582 bits per heavy atom. The summed E-state index contributed by atoms with van der Waals surface area (Å²) in [6.45, 7) is 0. The number of hydrogen-bond acceptors (Lipinski definition) is 3. The van der Waals surface area contributed by atoms with Gasteiger partial charge in [-0.25, -0.2) is 4.99 Å². The van der Waals surface area contributed by atoms with Crippen molar-refractivity contribution in [2.24, 2.45) is 4.99 Å². The van der Waals surface area contributed by atoms with Crippen LogP contribution in [0.1, 0.15) is 34.9 Å². The summed E-state index contributed by atoms with van der Waals surface area (Å²) in [6.07, 6.45) is 6.37. The molecule has 0 radical (unpaired) electrons. The van der Waals surface area contributed by atoms with E-state index >= 15 is 0 Å². The number of anilines is 1. The maximum absolute atomic E-state index is 6.85. The van der Waals surface area contributed by atoms with Crippen LogP contribution in [0.4, 0.5) is 11.4 Å². The predicted molar refractivity (Wildman–Crippen MR) is 228 cm³/mol. The number of nitrogens with zero attached hydrogens (tertiary/aromatic N) is 3. The first-order chi connectivity index (χ1) is 27.3. The van der Waals surface area contributed by atoms with Gasteiger partial charge in [0.15, 0.2) is 5.58 Å². The van der Waals surface area contributed by atoms with E-state index in [1.54, 1.807) is 0 Å². The molecule has 0 saturated heterocycles. The highest BCUT2D eigenvalue weighted by atomic mass is 16.3. The van der Waals surface area contributed by atoms with Crippen molar-refractivity contribution in [1.82, 2.24) is 9.13 Å². The number of aromatic nitrogens is 2. The van der Waals surface area contributed by atoms with E-state index in [1.165, 1.54) is 49.1 Å². The Morgan fingerprint density at radius 2 is 1.33 bits per heavy atom. The second-order valence-corrected chi connectivity index (χ2v) is 14.7. The fourth-order valence-corrected chi connectivity index (χ4v) is 9.15. The fourth-order valence-electron chi connectivity index (χ4n) is 9.15. The lowest BCUT2D eigenvalue weighted by Crippen LogP contribution is -2.25. The van der Waals surface area contributed by atoms with Crippen LogP contribution in [-0.4, -0.2) is 14.8 Å². The van der Waals surface area contributed by atoms with E-state index in [0.717, 1.165) is 69.2 Å². The lowest BCUT2D eigenvalue weighted by molar-refractivity contribution is 0.597. The smallest absolute Gasteiger partial charge is 0.159 e. The molecule has 1 N–H and O–H groups in total. The molecule has 0 spiro atoms. The molecule has 0 bridgehead atoms. The Morgan fingerprint density at radius 3 is 2.24 bits per heavy atom. The molecular weight excluding hydrogens is 673 g/mol. The largest absolute Gasteiger partial charge is 0.454 e. The predicted octanol–water partition coefficient (Wildman–Crippen LogP) is 12.9. The molecular formula is C50H34N4O. The molecule has 0 fully saturated rings. The third kappa shape index (κ3) is 4.50. The van der Waals surface area contributed by atoms with Gasteiger partial charge >= 0.3 is 0 Å². The summed E-state index contributed by atoms with van der Waals surface area (Å²) in [4.78, 5) is 5.34. The topological polar surface area (TPSA) is 47.4 Å². The van der Waals surface area contributed by atoms with Gasteiger partial charge in [0.25, 0.3) is 0 Å². The van der Waals surface area contributed by atoms with Crippen LogP contribution in [0.2, 0.25) is 0 Å². The van der Waals surface area contributed by atoms with Gasteiger partial charge in [-0.15, -0.1) is 0 Å². The first kappa shape index (κ1) is 30.4. The number of hydrogen-bond donors (Lipinski definition) is 1. The zero-order chi connectivity index (χ0) is 36.0. The van der Waals surface area contributed by atoms with E-state index in [-0.39, 0.29) is 6.04 Å². The van der Waals surface area contributed by atoms with E-state index in [1.807, 2.05) is 0 Å². The zero-order valence-corrected chi connectivity index (χ0v) is 29.9. The van der Waals surface area contributed by atoms with Crippen molar-refractivity contribution in [3.8, 4) is 11.4 Å². The van der Waals surface area contributed by atoms with Crippen LogP contribution in [0.15, 0.2) is 173 Å². The lowest BCUT2D eigenvalue weighted by atomic mass is 9.94. The summed E-state index contributed by atoms with van der Waals surface area (Å²) < 4.78 is 11.7. The molecule has 1 aliphatic heterocycles. The van der Waals surface area contributed by atoms with Crippen LogP contribution < -0.4 is 5.32 Å². The SMILES string of the molecule is C1=Cc2oc3c(ccc4c5cc6c7ccccc7n(-c7ccccc7)c6cc5n(-c5cccc(C6=Nc7ccccc7NC6c6ccccc6)c5)c43)c2CC1. The first-order valence-corrected chi connectivity index (χ1v) is 19.1. The van der Waals surface area contributed by atoms with Crippen molar-refractivity contribution in [1.29, 1.82) is 0 Å². The molecule has 1 aliphatic carbocycles. The van der Waals surface area contributed by atoms with E-state index in [0.29, 0.717) is 0 Å². The quantitative estimate of drug-likeness (QED) is 0.198. The van der Waals surface area contributed by atoms with Gasteiger partial charge in [0.05, 0.1) is 45.2 Å². The van der Waals surface area contributed by atoms with Gasteiger partial charge in [0.1, 0.15) is 5.76 Å². The van der Waals surface area contributed by atoms with Gasteiger partial charge in [-0.05, 0) is 79.1 Å². The average molecular weight is 707 g/mol. The number of benzene rings is 7. The van der Waals surface area contributed by atoms with Gasteiger partial charge in [-0.2, -0.15) is 0 Å². The molecule has 4 heterocycles. The third-order valence-corrected chi connectivity index (χ3v) is 11.6. The molecule has 10 aromatic rings. The van der Waals surface area contributed by atoms with Crippen molar-refractivity contribution < 1.29 is 4.42 Å². The minimum absolute atomic E-state index is 0.110. The number of furan rings is 1. The summed E-state index contributed by atoms with van der Waals surface area (Å²) >= 11 is 0. The molecule has 12 rings (SSSR count). The normalized spacial score (nSPS) is 15.1. The van der Waals surface area contributed by atoms with Crippen molar-refractivity contribution in [3.63, 3.8) is 0 Å². The minimum Gasteiger partial charge on any atom is -0.454 e. The average Bonchev–Trinajstić information content (AvgIpc) is 3.90. The van der Waals surface area contributed by atoms with E-state index in [9.17, 15) is 0 Å². The molecule has 1 unspecified atom stereocenters. The monoisotopic (exact) mass is 706 g/mol. The van der Waals surface area contributed by atoms with Crippen LogP contribution in [0.3, 0.4) is 0 Å². The highest BCUT2D eigenvalue weighted by Crippen LogP contribution is 2.44. The molecule has 5 nitrogen and oxygen atoms in total. The number of aryl methyl sites for hydroxylation is 1. The van der Waals surface area contributed by atoms with Gasteiger partial charge in [-0.3, -0.25) is 0 Å². The maximum atomic E-state index is 6.85. The summed E-state index contributed by atoms with van der Waals surface area (Å²) in [5.41, 5.74) is 14.2. The van der Waals surface area contributed by atoms with Crippen LogP contribution in [-0.2, 0) is 6.42 Å². The summed E-state index contributed by atoms with van der Waals surface area (Å²) in [5, 5.41) is 9.85. The van der Waals surface area contributed by atoms with E-state index < -0.39 is 0 Å². The van der Waals surface area contributed by atoms with Crippen molar-refractivity contribution in [3.05, 3.63) is 186 Å². The van der Waals surface area contributed by atoms with Crippen molar-refractivity contribution in [2.75, 3.05) is 5.32 Å². The molecule has 3 aromatic heterocycles. The zero-order valence-electron chi connectivity index (χ0n) is 29.9. The fraction of sp³-hybridized carbons (Fsp3) is 0.0600. The molecule has 7 aromatic carbocycles. The van der Waals surface area contributed by atoms with Crippen LogP contribution in [0.5, 0.6) is 0 Å². The van der Waals surface area contributed by atoms with Gasteiger partial charge in [0.2, 0.25) is 0 Å². The second kappa shape index (κ2) is 11.7. The van der Waals surface area contributed by atoms with Gasteiger partial charge in [-0.1, -0.05) is 109 Å². The lowest BCUT2D eigenvalue weighted by Gasteiger charge is -2.28. The molecule has 2 aliphatic rings. The Kier molecular flexibility index (Phi) is 6.46. The Balaban J connectivity index is 1.17. The van der Waals surface area contributed by atoms with Crippen molar-refractivity contribution >= 4 is 77.7 Å². The molecule has 0 amide bonds. The maximum Gasteiger partial charge on any atom is 0.159 e. The molecule has 55 heavy (non-hydrogen) atoms. The molecule has 5 heteroatoms. The number of allylic oxidation sites excluding steroid dienone is 1. The van der Waals surface area contributed by atoms with E-state index in [4.69, 9.17) is 9.41 Å². The summed E-state index contributed by atoms with van der Waals surface area (Å²) in [6, 6.07) is 56.6. The Hall–Kier alpha value is -7.11. The number of aliphatic imine (C=N–C) groups is 1. The molecule has 0 saturated carbocycles. The van der Waals surface area contributed by atoms with E-state index in [2.05, 4.69) is 184 Å². The summed E-state index contributed by atoms with van der Waals surface area (Å²) in [5.74, 6) is 0.970. The Bertz CT molecular complexity index is 3230. The third-order valence-electron chi connectivity index (χ3n) is 11.6. The molecule has 1 atom stereocenters. The minimum atomic E-state index is -0.110. The number of para-hydroxylation sites is 4. The van der Waals surface area contributed by atoms with Crippen LogP contribution in [0.25, 0.3) is 72.0 Å². The standard InChI is InChI=1S/C50H34N4O/c1-3-14-31(15-4-1)47-48(52-42-23-10-9-22-41(42)51-47)32-16-13-19-34(28-32)54-45-30-44-39(35-20-7-11-24-43(35)53(44)33-17-5-2-6-18-33)29-40(45)37-26-27-38-36-21-8-12-25-46(36)55-50(38)49(37)54/h1-7,9-20,22-30,47,51H,8,21H2. The highest BCUT2D eigenvalue weighted by molar-refractivity contribution is 6.23. The first-order valence-electron chi connectivity index (χ1n) is 19.1. The van der Waals surface area contributed by atoms with Gasteiger partial charge < -0.3 is 18.9 Å². The summed E-state index contributed by atoms with van der Waals surface area (Å²) in [7, 11) is 0. The second-order valence-electron chi connectivity index (χ2n) is 14.7. The Labute approximate surface area is 317 Å². The highest BCUT2D eigenvalue weighted by Gasteiger charge is 2.27. The van der Waals surface area contributed by atoms with Crippen LogP contribution in [0, 0.1) is 0 Å². The number of rotatable bonds is 4. The van der Waals surface area contributed by atoms with Crippen LogP contribution >= 0.6 is 0 Å². The van der Waals surface area contributed by atoms with Crippen molar-refractivity contribution in [2.45, 2.75) is 18.9 Å². The molecule has 260 valence electrons.